The molecule has 0 bridgehead atoms. The lowest BCUT2D eigenvalue weighted by molar-refractivity contribution is -0.140. The first-order valence-corrected chi connectivity index (χ1v) is 6.28. The highest BCUT2D eigenvalue weighted by atomic mass is 19.4. The maximum atomic E-state index is 14.1. The molecule has 20 heavy (non-hydrogen) atoms. The van der Waals surface area contributed by atoms with Crippen LogP contribution >= 0.6 is 0 Å². The molecular formula is C13H16F4N2O. The van der Waals surface area contributed by atoms with Gasteiger partial charge in [-0.3, -0.25) is 4.90 Å². The number of methoxy groups -OCH3 is 1. The summed E-state index contributed by atoms with van der Waals surface area (Å²) in [6.45, 7) is 2.57. The van der Waals surface area contributed by atoms with Crippen molar-refractivity contribution in [2.45, 2.75) is 12.4 Å². The van der Waals surface area contributed by atoms with E-state index >= 15 is 0 Å². The number of benzene rings is 1. The molecule has 0 aromatic heterocycles. The van der Waals surface area contributed by atoms with Crippen LogP contribution in [-0.2, 0) is 10.9 Å². The van der Waals surface area contributed by atoms with Gasteiger partial charge in [0.05, 0.1) is 5.56 Å². The smallest absolute Gasteiger partial charge is 0.362 e. The minimum atomic E-state index is -4.71. The lowest BCUT2D eigenvalue weighted by atomic mass is 10.1. The molecule has 1 saturated heterocycles. The van der Waals surface area contributed by atoms with Gasteiger partial charge in [0.15, 0.2) is 0 Å². The normalized spacial score (nSPS) is 19.1. The highest BCUT2D eigenvalue weighted by Gasteiger charge is 2.36. The third kappa shape index (κ3) is 3.11. The predicted molar refractivity (Wildman–Crippen MR) is 65.6 cm³/mol. The van der Waals surface area contributed by atoms with Crippen molar-refractivity contribution < 1.29 is 22.3 Å². The number of nitrogens with zero attached hydrogens (tertiary/aromatic N) is 1. The molecule has 112 valence electrons. The predicted octanol–water partition coefficient (Wildman–Crippen LogP) is 2.39. The fraction of sp³-hybridized carbons (Fsp3) is 0.538. The van der Waals surface area contributed by atoms with Gasteiger partial charge in [-0.1, -0.05) is 12.1 Å². The molecule has 0 spiro atoms. The van der Waals surface area contributed by atoms with Gasteiger partial charge in [0.2, 0.25) is 0 Å². The van der Waals surface area contributed by atoms with Crippen LogP contribution in [0.3, 0.4) is 0 Å². The Morgan fingerprint density at radius 1 is 1.25 bits per heavy atom. The van der Waals surface area contributed by atoms with Crippen molar-refractivity contribution in [1.29, 1.82) is 0 Å². The van der Waals surface area contributed by atoms with Gasteiger partial charge in [-0.2, -0.15) is 13.2 Å². The second-order valence-electron chi connectivity index (χ2n) is 4.58. The Hall–Kier alpha value is -1.18. The summed E-state index contributed by atoms with van der Waals surface area (Å²) in [5.41, 5.74) is -1.34. The second kappa shape index (κ2) is 6.07. The van der Waals surface area contributed by atoms with Gasteiger partial charge in [0.25, 0.3) is 0 Å². The Morgan fingerprint density at radius 3 is 2.45 bits per heavy atom. The van der Waals surface area contributed by atoms with Crippen molar-refractivity contribution in [3.8, 4) is 0 Å². The molecular weight excluding hydrogens is 276 g/mol. The van der Waals surface area contributed by atoms with Gasteiger partial charge < -0.3 is 10.1 Å². The quantitative estimate of drug-likeness (QED) is 0.866. The molecule has 0 aliphatic carbocycles. The fourth-order valence-corrected chi connectivity index (χ4v) is 2.35. The van der Waals surface area contributed by atoms with E-state index in [9.17, 15) is 17.6 Å². The van der Waals surface area contributed by atoms with Crippen LogP contribution in [0.5, 0.6) is 0 Å². The number of piperazine rings is 1. The number of ether oxygens (including phenoxy) is 1. The lowest BCUT2D eigenvalue weighted by Gasteiger charge is -2.34. The molecule has 1 unspecified atom stereocenters. The van der Waals surface area contributed by atoms with Crippen LogP contribution < -0.4 is 5.32 Å². The summed E-state index contributed by atoms with van der Waals surface area (Å²) in [5.74, 6) is -1.26. The molecule has 0 saturated carbocycles. The minimum Gasteiger partial charge on any atom is -0.362 e. The molecule has 1 N–H and O–H groups in total. The van der Waals surface area contributed by atoms with E-state index < -0.39 is 23.8 Å². The summed E-state index contributed by atoms with van der Waals surface area (Å²) in [6, 6.07) is 3.28. The van der Waals surface area contributed by atoms with Gasteiger partial charge in [-0.05, 0) is 6.07 Å². The van der Waals surface area contributed by atoms with Crippen LogP contribution in [0.2, 0.25) is 0 Å². The minimum absolute atomic E-state index is 0.0794. The molecule has 1 aliphatic rings. The average Bonchev–Trinajstić information content (AvgIpc) is 2.41. The highest BCUT2D eigenvalue weighted by molar-refractivity contribution is 5.29. The Balaban J connectivity index is 2.34. The van der Waals surface area contributed by atoms with E-state index in [2.05, 4.69) is 5.32 Å². The molecule has 1 aromatic rings. The van der Waals surface area contributed by atoms with Crippen molar-refractivity contribution in [2.24, 2.45) is 0 Å². The van der Waals surface area contributed by atoms with Crippen LogP contribution in [0.25, 0.3) is 0 Å². The maximum absolute atomic E-state index is 14.1. The number of hydrogen-bond acceptors (Lipinski definition) is 3. The van der Waals surface area contributed by atoms with E-state index in [0.717, 1.165) is 6.07 Å². The number of hydrogen-bond donors (Lipinski definition) is 1. The molecule has 1 heterocycles. The zero-order valence-corrected chi connectivity index (χ0v) is 11.0. The number of nitrogens with one attached hydrogen (secondary N) is 1. The van der Waals surface area contributed by atoms with Crippen molar-refractivity contribution in [3.05, 3.63) is 35.1 Å². The van der Waals surface area contributed by atoms with Crippen LogP contribution in [0.4, 0.5) is 17.6 Å². The number of alkyl halides is 3. The molecule has 1 aliphatic heterocycles. The largest absolute Gasteiger partial charge is 0.419 e. The first-order valence-electron chi connectivity index (χ1n) is 6.28. The average molecular weight is 292 g/mol. The summed E-state index contributed by atoms with van der Waals surface area (Å²) in [4.78, 5) is 1.81. The summed E-state index contributed by atoms with van der Waals surface area (Å²) in [5, 5.41) is 3.12. The Bertz CT molecular complexity index is 458. The molecule has 1 atom stereocenters. The first kappa shape index (κ1) is 15.2. The third-order valence-electron chi connectivity index (χ3n) is 3.31. The zero-order chi connectivity index (χ0) is 14.8. The van der Waals surface area contributed by atoms with Gasteiger partial charge in [-0.15, -0.1) is 0 Å². The van der Waals surface area contributed by atoms with Crippen molar-refractivity contribution in [1.82, 2.24) is 10.2 Å². The van der Waals surface area contributed by atoms with E-state index in [1.807, 2.05) is 4.90 Å². The van der Waals surface area contributed by atoms with Crippen LogP contribution in [-0.4, -0.2) is 38.2 Å². The van der Waals surface area contributed by atoms with E-state index in [1.54, 1.807) is 0 Å². The molecule has 0 amide bonds. The molecule has 1 fully saturated rings. The topological polar surface area (TPSA) is 24.5 Å². The molecule has 7 heteroatoms. The standard InChI is InChI=1S/C13H16F4N2O/c1-20-12(19-7-5-18-6-8-19)9-3-2-4-10(11(9)14)13(15,16)17/h2-4,12,18H,5-8H2,1H3. The molecule has 0 radical (unpaired) electrons. The lowest BCUT2D eigenvalue weighted by Crippen LogP contribution is -2.45. The van der Waals surface area contributed by atoms with Crippen LogP contribution in [0.15, 0.2) is 18.2 Å². The second-order valence-corrected chi connectivity index (χ2v) is 4.58. The van der Waals surface area contributed by atoms with E-state index in [-0.39, 0.29) is 5.56 Å². The monoisotopic (exact) mass is 292 g/mol. The van der Waals surface area contributed by atoms with E-state index in [1.165, 1.54) is 19.2 Å². The van der Waals surface area contributed by atoms with Crippen molar-refractivity contribution in [3.63, 3.8) is 0 Å². The van der Waals surface area contributed by atoms with Crippen LogP contribution in [0.1, 0.15) is 17.4 Å². The van der Waals surface area contributed by atoms with Gasteiger partial charge >= 0.3 is 6.18 Å². The maximum Gasteiger partial charge on any atom is 0.419 e. The Morgan fingerprint density at radius 2 is 1.90 bits per heavy atom. The van der Waals surface area contributed by atoms with Gasteiger partial charge in [-0.25, -0.2) is 4.39 Å². The molecule has 1 aromatic carbocycles. The van der Waals surface area contributed by atoms with Gasteiger partial charge in [0, 0.05) is 38.9 Å². The molecule has 2 rings (SSSR count). The third-order valence-corrected chi connectivity index (χ3v) is 3.31. The Kier molecular flexibility index (Phi) is 4.62. The summed E-state index contributed by atoms with van der Waals surface area (Å²) in [7, 11) is 1.37. The van der Waals surface area contributed by atoms with E-state index in [0.29, 0.717) is 26.2 Å². The zero-order valence-electron chi connectivity index (χ0n) is 11.0. The number of halogens is 4. The van der Waals surface area contributed by atoms with Crippen LogP contribution in [0, 0.1) is 5.82 Å². The summed E-state index contributed by atoms with van der Waals surface area (Å²) >= 11 is 0. The summed E-state index contributed by atoms with van der Waals surface area (Å²) in [6.07, 6.45) is -5.51. The fourth-order valence-electron chi connectivity index (χ4n) is 2.35. The SMILES string of the molecule is COC(c1cccc(C(F)(F)F)c1F)N1CCNCC1. The highest BCUT2D eigenvalue weighted by Crippen LogP contribution is 2.35. The van der Waals surface area contributed by atoms with Crippen molar-refractivity contribution >= 4 is 0 Å². The van der Waals surface area contributed by atoms with E-state index in [4.69, 9.17) is 4.74 Å². The van der Waals surface area contributed by atoms with Crippen molar-refractivity contribution in [2.75, 3.05) is 33.3 Å². The first-order chi connectivity index (χ1) is 9.45. The number of rotatable bonds is 3. The Labute approximate surface area is 114 Å². The van der Waals surface area contributed by atoms with Gasteiger partial charge in [0.1, 0.15) is 12.0 Å². The summed E-state index contributed by atoms with van der Waals surface area (Å²) < 4.78 is 57.5. The molecule has 3 nitrogen and oxygen atoms in total.